The molecule has 1 atom stereocenters. The normalized spacial score (nSPS) is 14.7. The first-order valence-electron chi connectivity index (χ1n) is 10.5. The molecule has 7 nitrogen and oxygen atoms in total. The van der Waals surface area contributed by atoms with Gasteiger partial charge in [-0.2, -0.15) is 0 Å². The SMILES string of the molecule is C=CCn1c(S[C@H](C(=O)N2CCOCC2)c2ccccc2)nnc1-c1ccc(OC)cc1. The van der Waals surface area contributed by atoms with Crippen LogP contribution in [0.15, 0.2) is 72.4 Å². The molecule has 4 rings (SSSR count). The zero-order chi connectivity index (χ0) is 22.3. The lowest BCUT2D eigenvalue weighted by Crippen LogP contribution is -2.42. The average molecular weight is 451 g/mol. The van der Waals surface area contributed by atoms with E-state index in [2.05, 4.69) is 16.8 Å². The zero-order valence-electron chi connectivity index (χ0n) is 18.0. The van der Waals surface area contributed by atoms with Gasteiger partial charge in [0.1, 0.15) is 11.0 Å². The number of carbonyl (C=O) groups excluding carboxylic acids is 1. The van der Waals surface area contributed by atoms with E-state index >= 15 is 0 Å². The third kappa shape index (κ3) is 4.87. The minimum absolute atomic E-state index is 0.0589. The number of ether oxygens (including phenoxy) is 2. The molecule has 0 unspecified atom stereocenters. The van der Waals surface area contributed by atoms with Gasteiger partial charge < -0.3 is 14.4 Å². The summed E-state index contributed by atoms with van der Waals surface area (Å²) in [5, 5.41) is 9.13. The molecule has 166 valence electrons. The molecule has 1 aliphatic heterocycles. The van der Waals surface area contributed by atoms with Gasteiger partial charge in [-0.1, -0.05) is 48.2 Å². The van der Waals surface area contributed by atoms with Crippen molar-refractivity contribution in [1.29, 1.82) is 0 Å². The Morgan fingerprint density at radius 3 is 2.53 bits per heavy atom. The largest absolute Gasteiger partial charge is 0.497 e. The Bertz CT molecular complexity index is 1050. The van der Waals surface area contributed by atoms with Crippen molar-refractivity contribution in [3.05, 3.63) is 72.8 Å². The first-order valence-corrected chi connectivity index (χ1v) is 11.4. The fourth-order valence-corrected chi connectivity index (χ4v) is 4.70. The predicted octanol–water partition coefficient (Wildman–Crippen LogP) is 3.83. The van der Waals surface area contributed by atoms with Crippen LogP contribution in [0.1, 0.15) is 10.8 Å². The van der Waals surface area contributed by atoms with Crippen LogP contribution in [-0.2, 0) is 16.1 Å². The number of rotatable bonds is 8. The highest BCUT2D eigenvalue weighted by atomic mass is 32.2. The summed E-state index contributed by atoms with van der Waals surface area (Å²) in [5.41, 5.74) is 1.86. The third-order valence-corrected chi connectivity index (χ3v) is 6.47. The second kappa shape index (κ2) is 10.5. The molecule has 8 heteroatoms. The highest BCUT2D eigenvalue weighted by Crippen LogP contribution is 2.37. The lowest BCUT2D eigenvalue weighted by molar-refractivity contribution is -0.134. The molecule has 0 spiro atoms. The molecule has 2 heterocycles. The molecule has 32 heavy (non-hydrogen) atoms. The van der Waals surface area contributed by atoms with E-state index < -0.39 is 5.25 Å². The van der Waals surface area contributed by atoms with Crippen LogP contribution in [0.4, 0.5) is 0 Å². The summed E-state index contributed by atoms with van der Waals surface area (Å²) in [7, 11) is 1.64. The summed E-state index contributed by atoms with van der Waals surface area (Å²) in [6, 6.07) is 17.5. The van der Waals surface area contributed by atoms with E-state index in [0.717, 1.165) is 22.7 Å². The van der Waals surface area contributed by atoms with E-state index in [-0.39, 0.29) is 5.91 Å². The Balaban J connectivity index is 1.67. The molecule has 1 aliphatic rings. The van der Waals surface area contributed by atoms with Gasteiger partial charge in [0, 0.05) is 25.2 Å². The fraction of sp³-hybridized carbons (Fsp3) is 0.292. The predicted molar refractivity (Wildman–Crippen MR) is 125 cm³/mol. The van der Waals surface area contributed by atoms with E-state index in [4.69, 9.17) is 9.47 Å². The van der Waals surface area contributed by atoms with Crippen molar-refractivity contribution in [1.82, 2.24) is 19.7 Å². The van der Waals surface area contributed by atoms with E-state index in [1.165, 1.54) is 11.8 Å². The number of allylic oxidation sites excluding steroid dienone is 1. The number of hydrogen-bond donors (Lipinski definition) is 0. The number of thioether (sulfide) groups is 1. The van der Waals surface area contributed by atoms with Gasteiger partial charge in [-0.15, -0.1) is 16.8 Å². The molecule has 2 aromatic carbocycles. The number of carbonyl (C=O) groups is 1. The minimum atomic E-state index is -0.425. The van der Waals surface area contributed by atoms with Gasteiger partial charge >= 0.3 is 0 Å². The van der Waals surface area contributed by atoms with Crippen molar-refractivity contribution >= 4 is 17.7 Å². The van der Waals surface area contributed by atoms with Gasteiger partial charge in [0.05, 0.1) is 20.3 Å². The molecule has 0 N–H and O–H groups in total. The lowest BCUT2D eigenvalue weighted by Gasteiger charge is -2.30. The van der Waals surface area contributed by atoms with Crippen molar-refractivity contribution in [3.63, 3.8) is 0 Å². The van der Waals surface area contributed by atoms with Gasteiger partial charge in [0.25, 0.3) is 0 Å². The number of methoxy groups -OCH3 is 1. The van der Waals surface area contributed by atoms with Crippen LogP contribution >= 0.6 is 11.8 Å². The third-order valence-electron chi connectivity index (χ3n) is 5.25. The van der Waals surface area contributed by atoms with E-state index in [1.807, 2.05) is 70.1 Å². The number of benzene rings is 2. The summed E-state index contributed by atoms with van der Waals surface area (Å²) >= 11 is 1.42. The Morgan fingerprint density at radius 2 is 1.88 bits per heavy atom. The molecule has 1 amide bonds. The number of hydrogen-bond acceptors (Lipinski definition) is 6. The standard InChI is InChI=1S/C24H26N4O3S/c1-3-13-28-22(19-9-11-20(30-2)12-10-19)25-26-24(28)32-21(18-7-5-4-6-8-18)23(29)27-14-16-31-17-15-27/h3-12,21H,1,13-17H2,2H3/t21-/m0/s1. The fourth-order valence-electron chi connectivity index (χ4n) is 3.57. The zero-order valence-corrected chi connectivity index (χ0v) is 18.8. The smallest absolute Gasteiger partial charge is 0.240 e. The van der Waals surface area contributed by atoms with Crippen LogP contribution < -0.4 is 4.74 Å². The van der Waals surface area contributed by atoms with Gasteiger partial charge in [-0.05, 0) is 29.8 Å². The van der Waals surface area contributed by atoms with E-state index in [1.54, 1.807) is 7.11 Å². The summed E-state index contributed by atoms with van der Waals surface area (Å²) in [6.45, 7) is 6.74. The molecular formula is C24H26N4O3S. The quantitative estimate of drug-likeness (QED) is 0.384. The van der Waals surface area contributed by atoms with Gasteiger partial charge in [0.15, 0.2) is 11.0 Å². The van der Waals surface area contributed by atoms with E-state index in [0.29, 0.717) is 38.0 Å². The lowest BCUT2D eigenvalue weighted by atomic mass is 10.1. The monoisotopic (exact) mass is 450 g/mol. The van der Waals surface area contributed by atoms with E-state index in [9.17, 15) is 4.79 Å². The maximum absolute atomic E-state index is 13.5. The summed E-state index contributed by atoms with van der Waals surface area (Å²) in [4.78, 5) is 15.3. The molecule has 0 saturated carbocycles. The van der Waals surface area contributed by atoms with Crippen molar-refractivity contribution in [2.45, 2.75) is 17.0 Å². The molecular weight excluding hydrogens is 424 g/mol. The highest BCUT2D eigenvalue weighted by molar-refractivity contribution is 8.00. The number of aromatic nitrogens is 3. The number of nitrogens with zero attached hydrogens (tertiary/aromatic N) is 4. The minimum Gasteiger partial charge on any atom is -0.497 e. The Hall–Kier alpha value is -3.10. The number of morpholine rings is 1. The van der Waals surface area contributed by atoms with Gasteiger partial charge in [-0.25, -0.2) is 0 Å². The maximum Gasteiger partial charge on any atom is 0.240 e. The molecule has 1 fully saturated rings. The van der Waals surface area contributed by atoms with Crippen molar-refractivity contribution in [2.24, 2.45) is 0 Å². The van der Waals surface area contributed by atoms with Gasteiger partial charge in [0.2, 0.25) is 5.91 Å². The molecule has 1 aromatic heterocycles. The van der Waals surface area contributed by atoms with Crippen LogP contribution in [0.5, 0.6) is 5.75 Å². The average Bonchev–Trinajstić information content (AvgIpc) is 3.25. The van der Waals surface area contributed by atoms with Crippen LogP contribution in [0.2, 0.25) is 0 Å². The summed E-state index contributed by atoms with van der Waals surface area (Å²) in [6.07, 6.45) is 1.81. The maximum atomic E-state index is 13.5. The second-order valence-electron chi connectivity index (χ2n) is 7.28. The van der Waals surface area contributed by atoms with Crippen LogP contribution in [0, 0.1) is 0 Å². The second-order valence-corrected chi connectivity index (χ2v) is 8.35. The molecule has 3 aromatic rings. The molecule has 0 aliphatic carbocycles. The summed E-state index contributed by atoms with van der Waals surface area (Å²) in [5.74, 6) is 1.56. The summed E-state index contributed by atoms with van der Waals surface area (Å²) < 4.78 is 12.7. The highest BCUT2D eigenvalue weighted by Gasteiger charge is 2.30. The first-order chi connectivity index (χ1) is 15.7. The van der Waals surface area contributed by atoms with Gasteiger partial charge in [-0.3, -0.25) is 9.36 Å². The Morgan fingerprint density at radius 1 is 1.16 bits per heavy atom. The van der Waals surface area contributed by atoms with Crippen LogP contribution in [0.25, 0.3) is 11.4 Å². The van der Waals surface area contributed by atoms with Crippen molar-refractivity contribution in [3.8, 4) is 17.1 Å². The van der Waals surface area contributed by atoms with Crippen molar-refractivity contribution < 1.29 is 14.3 Å². The Kier molecular flexibility index (Phi) is 7.24. The van der Waals surface area contributed by atoms with Crippen LogP contribution in [0.3, 0.4) is 0 Å². The molecule has 0 radical (unpaired) electrons. The first kappa shape index (κ1) is 22.1. The molecule has 0 bridgehead atoms. The number of amides is 1. The molecule has 1 saturated heterocycles. The Labute approximate surface area is 192 Å². The van der Waals surface area contributed by atoms with Crippen LogP contribution in [-0.4, -0.2) is 59.0 Å². The van der Waals surface area contributed by atoms with Crippen molar-refractivity contribution in [2.75, 3.05) is 33.4 Å². The topological polar surface area (TPSA) is 69.5 Å².